The summed E-state index contributed by atoms with van der Waals surface area (Å²) in [6.45, 7) is 3.13. The van der Waals surface area contributed by atoms with E-state index in [4.69, 9.17) is 23.2 Å². The van der Waals surface area contributed by atoms with Crippen LogP contribution in [-0.2, 0) is 14.8 Å². The minimum atomic E-state index is -4.00. The third-order valence-electron chi connectivity index (χ3n) is 2.40. The molecule has 0 unspecified atom stereocenters. The molecule has 0 heterocycles. The molecule has 5 nitrogen and oxygen atoms in total. The number of carboxylic acids is 1. The SMILES string of the molecule is CC(C)[C@H](NS(=O)(=O)c1ccc(Cl)c(Cl)c1)C(=O)[O-]. The van der Waals surface area contributed by atoms with Gasteiger partial charge in [-0.2, -0.15) is 0 Å². The minimum Gasteiger partial charge on any atom is -0.548 e. The molecule has 0 saturated carbocycles. The van der Waals surface area contributed by atoms with Crippen molar-refractivity contribution in [2.24, 2.45) is 5.92 Å². The van der Waals surface area contributed by atoms with E-state index in [1.165, 1.54) is 12.1 Å². The molecule has 0 aliphatic carbocycles. The Morgan fingerprint density at radius 2 is 1.84 bits per heavy atom. The van der Waals surface area contributed by atoms with Crippen molar-refractivity contribution in [2.45, 2.75) is 24.8 Å². The summed E-state index contributed by atoms with van der Waals surface area (Å²) in [7, 11) is -4.00. The lowest BCUT2D eigenvalue weighted by molar-refractivity contribution is -0.309. The molecule has 1 atom stereocenters. The highest BCUT2D eigenvalue weighted by Gasteiger charge is 2.23. The summed E-state index contributed by atoms with van der Waals surface area (Å²) in [5, 5.41) is 11.2. The van der Waals surface area contributed by atoms with E-state index >= 15 is 0 Å². The van der Waals surface area contributed by atoms with Crippen LogP contribution in [0.2, 0.25) is 10.0 Å². The number of rotatable bonds is 5. The van der Waals surface area contributed by atoms with Crippen molar-refractivity contribution in [1.82, 2.24) is 4.72 Å². The molecule has 0 fully saturated rings. The first kappa shape index (κ1) is 16.2. The van der Waals surface area contributed by atoms with Crippen LogP contribution in [0.1, 0.15) is 13.8 Å². The Bertz CT molecular complexity index is 586. The molecule has 1 N–H and O–H groups in total. The Kier molecular flexibility index (Phi) is 5.20. The molecular weight excluding hydrogens is 313 g/mol. The zero-order chi connectivity index (χ0) is 14.8. The largest absolute Gasteiger partial charge is 0.548 e. The van der Waals surface area contributed by atoms with Gasteiger partial charge in [-0.3, -0.25) is 0 Å². The van der Waals surface area contributed by atoms with Crippen molar-refractivity contribution in [3.05, 3.63) is 28.2 Å². The topological polar surface area (TPSA) is 86.3 Å². The lowest BCUT2D eigenvalue weighted by Crippen LogP contribution is -2.50. The molecule has 0 aliphatic heterocycles. The number of nitrogens with one attached hydrogen (secondary N) is 1. The lowest BCUT2D eigenvalue weighted by atomic mass is 10.1. The van der Waals surface area contributed by atoms with Crippen LogP contribution in [-0.4, -0.2) is 20.4 Å². The Balaban J connectivity index is 3.10. The zero-order valence-electron chi connectivity index (χ0n) is 10.2. The first-order valence-corrected chi connectivity index (χ1v) is 7.57. The summed E-state index contributed by atoms with van der Waals surface area (Å²) < 4.78 is 26.1. The van der Waals surface area contributed by atoms with Gasteiger partial charge in [0.25, 0.3) is 0 Å². The number of carbonyl (C=O) groups excluding carboxylic acids is 1. The molecule has 0 spiro atoms. The van der Waals surface area contributed by atoms with E-state index in [1.807, 2.05) is 0 Å². The fourth-order valence-corrected chi connectivity index (χ4v) is 3.06. The molecule has 0 aliphatic rings. The summed E-state index contributed by atoms with van der Waals surface area (Å²) in [4.78, 5) is 10.7. The number of aliphatic carboxylic acids is 1. The van der Waals surface area contributed by atoms with E-state index in [0.717, 1.165) is 6.07 Å². The van der Waals surface area contributed by atoms with E-state index in [2.05, 4.69) is 4.72 Å². The van der Waals surface area contributed by atoms with Gasteiger partial charge in [-0.15, -0.1) is 0 Å². The van der Waals surface area contributed by atoms with Crippen molar-refractivity contribution in [3.63, 3.8) is 0 Å². The van der Waals surface area contributed by atoms with Crippen molar-refractivity contribution in [1.29, 1.82) is 0 Å². The van der Waals surface area contributed by atoms with Crippen LogP contribution >= 0.6 is 23.2 Å². The fourth-order valence-electron chi connectivity index (χ4n) is 1.34. The number of carbonyl (C=O) groups is 1. The van der Waals surface area contributed by atoms with E-state index < -0.39 is 28.0 Å². The van der Waals surface area contributed by atoms with Crippen LogP contribution in [0.25, 0.3) is 0 Å². The standard InChI is InChI=1S/C11H13Cl2NO4S/c1-6(2)10(11(15)16)14-19(17,18)7-3-4-8(12)9(13)5-7/h3-6,10,14H,1-2H3,(H,15,16)/p-1/t10-/m0/s1. The molecule has 1 rings (SSSR count). The first-order valence-electron chi connectivity index (χ1n) is 5.33. The van der Waals surface area contributed by atoms with Crippen molar-refractivity contribution < 1.29 is 18.3 Å². The molecule has 0 radical (unpaired) electrons. The number of sulfonamides is 1. The number of benzene rings is 1. The molecular formula is C11H12Cl2NO4S-. The van der Waals surface area contributed by atoms with Crippen LogP contribution < -0.4 is 9.83 Å². The highest BCUT2D eigenvalue weighted by atomic mass is 35.5. The van der Waals surface area contributed by atoms with Crippen LogP contribution in [0.4, 0.5) is 0 Å². The van der Waals surface area contributed by atoms with Crippen molar-refractivity contribution in [3.8, 4) is 0 Å². The predicted molar refractivity (Wildman–Crippen MR) is 70.4 cm³/mol. The number of hydrogen-bond acceptors (Lipinski definition) is 4. The van der Waals surface area contributed by atoms with Gasteiger partial charge in [0.1, 0.15) is 0 Å². The van der Waals surface area contributed by atoms with Gasteiger partial charge in [0, 0.05) is 0 Å². The zero-order valence-corrected chi connectivity index (χ0v) is 12.5. The Labute approximate surface area is 121 Å². The van der Waals surface area contributed by atoms with Gasteiger partial charge in [0.05, 0.1) is 27.0 Å². The number of hydrogen-bond donors (Lipinski definition) is 1. The quantitative estimate of drug-likeness (QED) is 0.876. The lowest BCUT2D eigenvalue weighted by Gasteiger charge is -2.23. The van der Waals surface area contributed by atoms with Crippen molar-refractivity contribution >= 4 is 39.2 Å². The smallest absolute Gasteiger partial charge is 0.241 e. The molecule has 8 heteroatoms. The van der Waals surface area contributed by atoms with Gasteiger partial charge in [0.2, 0.25) is 10.0 Å². The molecule has 0 amide bonds. The molecule has 1 aromatic carbocycles. The fraction of sp³-hybridized carbons (Fsp3) is 0.364. The molecule has 1 aromatic rings. The minimum absolute atomic E-state index is 0.0686. The van der Waals surface area contributed by atoms with Crippen LogP contribution in [0.15, 0.2) is 23.1 Å². The Morgan fingerprint density at radius 3 is 2.26 bits per heavy atom. The second-order valence-corrected chi connectivity index (χ2v) is 6.77. The highest BCUT2D eigenvalue weighted by Crippen LogP contribution is 2.25. The van der Waals surface area contributed by atoms with Crippen molar-refractivity contribution in [2.75, 3.05) is 0 Å². The second kappa shape index (κ2) is 6.09. The van der Waals surface area contributed by atoms with Gasteiger partial charge < -0.3 is 9.90 Å². The number of halogens is 2. The summed E-state index contributed by atoms with van der Waals surface area (Å²) in [5.74, 6) is -1.94. The van der Waals surface area contributed by atoms with Gasteiger partial charge in [-0.05, 0) is 24.1 Å². The monoisotopic (exact) mass is 324 g/mol. The maximum absolute atomic E-state index is 12.0. The van der Waals surface area contributed by atoms with Crippen LogP contribution in [0, 0.1) is 5.92 Å². The molecule has 0 bridgehead atoms. The normalized spacial score (nSPS) is 13.5. The Morgan fingerprint density at radius 1 is 1.26 bits per heavy atom. The second-order valence-electron chi connectivity index (χ2n) is 4.24. The Hall–Kier alpha value is -0.820. The summed E-state index contributed by atoms with van der Waals surface area (Å²) >= 11 is 11.4. The van der Waals surface area contributed by atoms with E-state index in [0.29, 0.717) is 0 Å². The average molecular weight is 325 g/mol. The van der Waals surface area contributed by atoms with Gasteiger partial charge >= 0.3 is 0 Å². The third kappa shape index (κ3) is 4.07. The van der Waals surface area contributed by atoms with Crippen LogP contribution in [0.3, 0.4) is 0 Å². The maximum Gasteiger partial charge on any atom is 0.241 e. The predicted octanol–water partition coefficient (Wildman–Crippen LogP) is 1.05. The molecule has 19 heavy (non-hydrogen) atoms. The maximum atomic E-state index is 12.0. The van der Waals surface area contributed by atoms with E-state index in [9.17, 15) is 18.3 Å². The first-order chi connectivity index (χ1) is 8.65. The summed E-state index contributed by atoms with van der Waals surface area (Å²) in [6, 6.07) is 2.39. The van der Waals surface area contributed by atoms with Gasteiger partial charge in [-0.25, -0.2) is 13.1 Å². The van der Waals surface area contributed by atoms with E-state index in [1.54, 1.807) is 13.8 Å². The third-order valence-corrected chi connectivity index (χ3v) is 4.58. The van der Waals surface area contributed by atoms with Gasteiger partial charge in [0.15, 0.2) is 0 Å². The average Bonchev–Trinajstić information content (AvgIpc) is 2.28. The molecule has 0 saturated heterocycles. The van der Waals surface area contributed by atoms with Gasteiger partial charge in [-0.1, -0.05) is 37.0 Å². The van der Waals surface area contributed by atoms with Crippen LogP contribution in [0.5, 0.6) is 0 Å². The summed E-state index contributed by atoms with van der Waals surface area (Å²) in [6.07, 6.45) is 0. The summed E-state index contributed by atoms with van der Waals surface area (Å²) in [5.41, 5.74) is 0. The highest BCUT2D eigenvalue weighted by molar-refractivity contribution is 7.89. The molecule has 106 valence electrons. The molecule has 0 aromatic heterocycles. The number of carboxylic acid groups (broad SMARTS) is 1. The van der Waals surface area contributed by atoms with E-state index in [-0.39, 0.29) is 14.9 Å².